The van der Waals surface area contributed by atoms with Gasteiger partial charge in [-0.1, -0.05) is 18.2 Å². The van der Waals surface area contributed by atoms with Crippen molar-refractivity contribution in [2.75, 3.05) is 6.54 Å². The lowest BCUT2D eigenvalue weighted by molar-refractivity contribution is 0.0592. The van der Waals surface area contributed by atoms with Crippen LogP contribution in [0.5, 0.6) is 11.6 Å². The number of pyridine rings is 1. The van der Waals surface area contributed by atoms with E-state index in [1.54, 1.807) is 23.1 Å². The molecule has 1 saturated heterocycles. The second kappa shape index (κ2) is 9.60. The first kappa shape index (κ1) is 22.1. The summed E-state index contributed by atoms with van der Waals surface area (Å²) >= 11 is 0. The summed E-state index contributed by atoms with van der Waals surface area (Å²) in [5.41, 5.74) is 0.502. The molecule has 0 radical (unpaired) electrons. The van der Waals surface area contributed by atoms with E-state index in [9.17, 15) is 24.2 Å². The number of piperidine rings is 1. The summed E-state index contributed by atoms with van der Waals surface area (Å²) in [5.74, 6) is -2.89. The summed E-state index contributed by atoms with van der Waals surface area (Å²) in [6.45, 7) is 0.504. The van der Waals surface area contributed by atoms with Crippen molar-refractivity contribution in [3.8, 4) is 11.6 Å². The van der Waals surface area contributed by atoms with Crippen molar-refractivity contribution in [3.05, 3.63) is 77.3 Å². The largest absolute Gasteiger partial charge is 0.501 e. The molecule has 1 aliphatic rings. The Morgan fingerprint density at radius 1 is 1.09 bits per heavy atom. The molecule has 170 valence electrons. The van der Waals surface area contributed by atoms with Gasteiger partial charge in [-0.3, -0.25) is 14.6 Å². The van der Waals surface area contributed by atoms with E-state index in [1.807, 2.05) is 0 Å². The zero-order valence-corrected chi connectivity index (χ0v) is 17.6. The highest BCUT2D eigenvalue weighted by molar-refractivity contribution is 5.95. The third-order valence-electron chi connectivity index (χ3n) is 5.41. The third kappa shape index (κ3) is 4.89. The van der Waals surface area contributed by atoms with E-state index in [1.165, 1.54) is 30.5 Å². The normalized spacial score (nSPS) is 15.8. The summed E-state index contributed by atoms with van der Waals surface area (Å²) in [6, 6.07) is 10.0. The van der Waals surface area contributed by atoms with Gasteiger partial charge >= 0.3 is 0 Å². The highest BCUT2D eigenvalue weighted by Crippen LogP contribution is 2.34. The Kier molecular flexibility index (Phi) is 6.43. The van der Waals surface area contributed by atoms with Crippen LogP contribution in [0, 0.1) is 5.82 Å². The Morgan fingerprint density at radius 2 is 1.88 bits per heavy atom. The van der Waals surface area contributed by atoms with E-state index in [2.05, 4.69) is 20.3 Å². The number of likely N-dealkylation sites (tertiary alicyclic amines) is 1. The van der Waals surface area contributed by atoms with Crippen LogP contribution in [-0.2, 0) is 6.54 Å². The van der Waals surface area contributed by atoms with Gasteiger partial charge in [-0.05, 0) is 49.1 Å². The van der Waals surface area contributed by atoms with Crippen LogP contribution in [0.3, 0.4) is 0 Å². The molecule has 1 aliphatic heterocycles. The van der Waals surface area contributed by atoms with Gasteiger partial charge in [0.2, 0.25) is 5.75 Å². The average Bonchev–Trinajstić information content (AvgIpc) is 2.85. The molecule has 1 atom stereocenters. The van der Waals surface area contributed by atoms with Crippen molar-refractivity contribution in [2.24, 2.45) is 0 Å². The Labute approximate surface area is 189 Å². The summed E-state index contributed by atoms with van der Waals surface area (Å²) in [7, 11) is 0. The van der Waals surface area contributed by atoms with E-state index in [0.717, 1.165) is 12.8 Å². The number of carbonyl (C=O) groups excluding carboxylic acids is 2. The van der Waals surface area contributed by atoms with Crippen molar-refractivity contribution in [1.29, 1.82) is 0 Å². The average molecular weight is 451 g/mol. The fourth-order valence-electron chi connectivity index (χ4n) is 3.71. The second-order valence-electron chi connectivity index (χ2n) is 7.64. The third-order valence-corrected chi connectivity index (χ3v) is 5.41. The predicted octanol–water partition coefficient (Wildman–Crippen LogP) is 2.72. The molecular weight excluding hydrogens is 429 g/mol. The summed E-state index contributed by atoms with van der Waals surface area (Å²) in [6.07, 6.45) is 3.63. The SMILES string of the molecule is O=C(NCc1ccc(F)cc1)c1nc(C2CCCCN2C(=O)c2ccccn2)nc(O)c1O. The number of carbonyl (C=O) groups is 2. The molecule has 1 fully saturated rings. The van der Waals surface area contributed by atoms with Crippen molar-refractivity contribution in [1.82, 2.24) is 25.2 Å². The molecule has 0 aliphatic carbocycles. The molecule has 33 heavy (non-hydrogen) atoms. The number of rotatable bonds is 5. The van der Waals surface area contributed by atoms with Crippen molar-refractivity contribution in [2.45, 2.75) is 31.8 Å². The van der Waals surface area contributed by atoms with Gasteiger partial charge in [-0.25, -0.2) is 9.37 Å². The Hall–Kier alpha value is -4.08. The molecule has 1 aromatic carbocycles. The van der Waals surface area contributed by atoms with E-state index in [-0.39, 0.29) is 24.0 Å². The fraction of sp³-hybridized carbons (Fsp3) is 0.261. The molecule has 0 spiro atoms. The van der Waals surface area contributed by atoms with Crippen LogP contribution in [0.25, 0.3) is 0 Å². The Bertz CT molecular complexity index is 1160. The zero-order chi connectivity index (χ0) is 23.4. The van der Waals surface area contributed by atoms with Gasteiger partial charge in [0.25, 0.3) is 17.7 Å². The molecular formula is C23H22FN5O4. The van der Waals surface area contributed by atoms with E-state index >= 15 is 0 Å². The lowest BCUT2D eigenvalue weighted by Crippen LogP contribution is -2.40. The molecule has 3 aromatic rings. The fourth-order valence-corrected chi connectivity index (χ4v) is 3.71. The summed E-state index contributed by atoms with van der Waals surface area (Å²) in [4.78, 5) is 39.6. The monoisotopic (exact) mass is 451 g/mol. The van der Waals surface area contributed by atoms with Gasteiger partial charge < -0.3 is 20.4 Å². The number of aromatic nitrogens is 3. The maximum absolute atomic E-state index is 13.1. The van der Waals surface area contributed by atoms with Crippen LogP contribution in [0.4, 0.5) is 4.39 Å². The van der Waals surface area contributed by atoms with Crippen LogP contribution >= 0.6 is 0 Å². The standard InChI is InChI=1S/C23H22FN5O4/c24-15-9-7-14(8-10-15)13-26-21(31)18-19(30)22(32)28-20(27-18)17-6-2-4-12-29(17)23(33)16-5-1-3-11-25-16/h1,3,5,7-11,17,30H,2,4,6,12-13H2,(H,26,31)(H,27,28,32). The number of nitrogens with zero attached hydrogens (tertiary/aromatic N) is 4. The summed E-state index contributed by atoms with van der Waals surface area (Å²) < 4.78 is 13.1. The first-order chi connectivity index (χ1) is 15.9. The highest BCUT2D eigenvalue weighted by atomic mass is 19.1. The van der Waals surface area contributed by atoms with Crippen LogP contribution in [0.1, 0.15) is 57.7 Å². The molecule has 9 nitrogen and oxygen atoms in total. The lowest BCUT2D eigenvalue weighted by Gasteiger charge is -2.34. The van der Waals surface area contributed by atoms with Crippen molar-refractivity contribution >= 4 is 11.8 Å². The van der Waals surface area contributed by atoms with Gasteiger partial charge in [0.05, 0.1) is 6.04 Å². The minimum Gasteiger partial charge on any atom is -0.501 e. The number of halogens is 1. The van der Waals surface area contributed by atoms with E-state index in [0.29, 0.717) is 18.5 Å². The zero-order valence-electron chi connectivity index (χ0n) is 17.6. The molecule has 0 saturated carbocycles. The number of hydrogen-bond donors (Lipinski definition) is 3. The lowest BCUT2D eigenvalue weighted by atomic mass is 10.0. The number of hydrogen-bond acceptors (Lipinski definition) is 7. The predicted molar refractivity (Wildman–Crippen MR) is 115 cm³/mol. The molecule has 1 unspecified atom stereocenters. The van der Waals surface area contributed by atoms with Crippen molar-refractivity contribution < 1.29 is 24.2 Å². The number of amides is 2. The molecule has 4 rings (SSSR count). The highest BCUT2D eigenvalue weighted by Gasteiger charge is 2.33. The first-order valence-corrected chi connectivity index (χ1v) is 10.5. The van der Waals surface area contributed by atoms with Gasteiger partial charge in [0.15, 0.2) is 11.5 Å². The maximum atomic E-state index is 13.1. The smallest absolute Gasteiger partial charge is 0.274 e. The van der Waals surface area contributed by atoms with Gasteiger partial charge in [-0.2, -0.15) is 4.98 Å². The number of aromatic hydroxyl groups is 2. The van der Waals surface area contributed by atoms with E-state index in [4.69, 9.17) is 0 Å². The Balaban J connectivity index is 1.58. The molecule has 10 heteroatoms. The molecule has 0 bridgehead atoms. The minimum absolute atomic E-state index is 0.0567. The van der Waals surface area contributed by atoms with Gasteiger partial charge in [0, 0.05) is 19.3 Å². The second-order valence-corrected chi connectivity index (χ2v) is 7.64. The topological polar surface area (TPSA) is 129 Å². The van der Waals surface area contributed by atoms with Crippen LogP contribution in [0.2, 0.25) is 0 Å². The van der Waals surface area contributed by atoms with Gasteiger partial charge in [-0.15, -0.1) is 0 Å². The van der Waals surface area contributed by atoms with Gasteiger partial charge in [0.1, 0.15) is 11.5 Å². The minimum atomic E-state index is -0.756. The molecule has 3 heterocycles. The molecule has 3 N–H and O–H groups in total. The molecule has 2 aromatic heterocycles. The van der Waals surface area contributed by atoms with Crippen LogP contribution in [-0.4, -0.2) is 48.4 Å². The maximum Gasteiger partial charge on any atom is 0.274 e. The first-order valence-electron chi connectivity index (χ1n) is 10.5. The quantitative estimate of drug-likeness (QED) is 0.544. The molecule has 2 amide bonds. The van der Waals surface area contributed by atoms with E-state index < -0.39 is 35.1 Å². The number of nitrogens with one attached hydrogen (secondary N) is 1. The van der Waals surface area contributed by atoms with Crippen LogP contribution < -0.4 is 5.32 Å². The number of benzene rings is 1. The summed E-state index contributed by atoms with van der Waals surface area (Å²) in [5, 5.41) is 23.0. The Morgan fingerprint density at radius 3 is 2.61 bits per heavy atom. The van der Waals surface area contributed by atoms with Crippen molar-refractivity contribution in [3.63, 3.8) is 0 Å². The van der Waals surface area contributed by atoms with Crippen LogP contribution in [0.15, 0.2) is 48.7 Å².